The number of rotatable bonds is 77. The second-order valence-corrected chi connectivity index (χ2v) is 30.9. The van der Waals surface area contributed by atoms with Crippen LogP contribution in [0, 0.1) is 0 Å². The van der Waals surface area contributed by atoms with Gasteiger partial charge in [-0.05, 0) is 70.6 Å². The van der Waals surface area contributed by atoms with E-state index in [1.165, 1.54) is 347 Å². The van der Waals surface area contributed by atoms with Gasteiger partial charge in [0.25, 0.3) is 0 Å². The average molecular weight is 1330 g/mol. The van der Waals surface area contributed by atoms with Gasteiger partial charge < -0.3 is 19.8 Å². The largest absolute Gasteiger partial charge is 0.472 e. The second-order valence-electron chi connectivity index (χ2n) is 29.5. The molecule has 3 N–H and O–H groups in total. The summed E-state index contributed by atoms with van der Waals surface area (Å²) in [6, 6.07) is -0.865. The number of unbranched alkanes of at least 4 members (excludes halogenated alkanes) is 56. The molecule has 0 heterocycles. The van der Waals surface area contributed by atoms with Crippen molar-refractivity contribution in [2.75, 3.05) is 40.9 Å². The van der Waals surface area contributed by atoms with Gasteiger partial charge in [0.1, 0.15) is 13.2 Å². The molecule has 0 aliphatic rings. The summed E-state index contributed by atoms with van der Waals surface area (Å²) < 4.78 is 23.9. The fourth-order valence-electron chi connectivity index (χ4n) is 12.6. The van der Waals surface area contributed by atoms with Crippen molar-refractivity contribution in [3.63, 3.8) is 0 Å². The Kier molecular flexibility index (Phi) is 73.0. The Bertz CT molecular complexity index is 1710. The average Bonchev–Trinajstić information content (AvgIpc) is 2.75. The molecule has 0 aliphatic carbocycles. The monoisotopic (exact) mass is 1330 g/mol. The Morgan fingerprint density at radius 1 is 0.366 bits per heavy atom. The summed E-state index contributed by atoms with van der Waals surface area (Å²) in [6.07, 6.45) is 104. The molecule has 0 aromatic carbocycles. The molecule has 0 bridgehead atoms. The van der Waals surface area contributed by atoms with Gasteiger partial charge in [-0.2, -0.15) is 0 Å². The molecule has 8 nitrogen and oxygen atoms in total. The molecular formula is C84H162N2O6P+. The number of phosphoric ester groups is 1. The van der Waals surface area contributed by atoms with Crippen LogP contribution in [-0.2, 0) is 18.4 Å². The van der Waals surface area contributed by atoms with Gasteiger partial charge in [0.15, 0.2) is 0 Å². The number of aliphatic hydroxyl groups is 1. The molecule has 0 aromatic heterocycles. The molecule has 9 heteroatoms. The molecule has 0 saturated heterocycles. The van der Waals surface area contributed by atoms with E-state index < -0.39 is 20.0 Å². The van der Waals surface area contributed by atoms with Crippen LogP contribution in [0.4, 0.5) is 0 Å². The third-order valence-corrected chi connectivity index (χ3v) is 19.9. The van der Waals surface area contributed by atoms with Crippen molar-refractivity contribution in [3.05, 3.63) is 60.8 Å². The quantitative estimate of drug-likeness (QED) is 0.0243. The van der Waals surface area contributed by atoms with Gasteiger partial charge in [-0.25, -0.2) is 4.57 Å². The predicted molar refractivity (Wildman–Crippen MR) is 410 cm³/mol. The third kappa shape index (κ3) is 77.4. The summed E-state index contributed by atoms with van der Waals surface area (Å²) in [6.45, 7) is 4.84. The summed E-state index contributed by atoms with van der Waals surface area (Å²) in [7, 11) is 1.57. The number of amides is 1. The van der Waals surface area contributed by atoms with E-state index in [1.54, 1.807) is 6.08 Å². The van der Waals surface area contributed by atoms with Gasteiger partial charge in [0.05, 0.1) is 39.9 Å². The minimum absolute atomic E-state index is 0.0574. The van der Waals surface area contributed by atoms with E-state index in [-0.39, 0.29) is 19.1 Å². The predicted octanol–water partition coefficient (Wildman–Crippen LogP) is 27.1. The lowest BCUT2D eigenvalue weighted by Gasteiger charge is -2.25. The first kappa shape index (κ1) is 91.2. The van der Waals surface area contributed by atoms with Crippen LogP contribution in [0.15, 0.2) is 60.8 Å². The summed E-state index contributed by atoms with van der Waals surface area (Å²) in [4.78, 5) is 23.5. The molecule has 3 atom stereocenters. The highest BCUT2D eigenvalue weighted by molar-refractivity contribution is 7.47. The first-order valence-electron chi connectivity index (χ1n) is 41.2. The van der Waals surface area contributed by atoms with Crippen LogP contribution in [0.5, 0.6) is 0 Å². The van der Waals surface area contributed by atoms with Crippen LogP contribution in [0.25, 0.3) is 0 Å². The molecule has 0 spiro atoms. The van der Waals surface area contributed by atoms with E-state index in [4.69, 9.17) is 9.05 Å². The van der Waals surface area contributed by atoms with Crippen molar-refractivity contribution in [2.24, 2.45) is 0 Å². The summed E-state index contributed by atoms with van der Waals surface area (Å²) >= 11 is 0. The van der Waals surface area contributed by atoms with Crippen molar-refractivity contribution in [3.8, 4) is 0 Å². The highest BCUT2D eigenvalue weighted by Crippen LogP contribution is 2.43. The minimum Gasteiger partial charge on any atom is -0.387 e. The summed E-state index contributed by atoms with van der Waals surface area (Å²) in [5.74, 6) is -0.178. The van der Waals surface area contributed by atoms with Crippen LogP contribution in [0.2, 0.25) is 0 Å². The number of aliphatic hydroxyl groups excluding tert-OH is 1. The standard InChI is InChI=1S/C84H161N2O6P/c1-6-8-10-12-14-16-18-20-22-24-26-28-30-32-34-36-38-39-40-41-42-43-44-45-46-47-48-50-52-54-56-58-60-62-64-66-68-70-72-74-76-78-84(88)85-82(81-92-93(89,90)91-80-79-86(3,4)5)83(87)77-75-73-71-69-67-65-63-61-59-57-55-53-51-49-37-35-33-31-29-27-25-23-21-19-17-15-13-11-9-7-2/h18,20,24,26,30,32,67,69,75,77,82-83,87H,6-17,19,21-23,25,27-29,31,33-66,68,70-74,76,78-81H2,1-5H3,(H-,85,88,89,90)/p+1/b20-18-,26-24-,32-30-,69-67+,77-75+. The zero-order valence-electron chi connectivity index (χ0n) is 63.0. The van der Waals surface area contributed by atoms with Gasteiger partial charge >= 0.3 is 7.82 Å². The topological polar surface area (TPSA) is 105 Å². The maximum Gasteiger partial charge on any atom is 0.472 e. The second kappa shape index (κ2) is 74.4. The first-order valence-corrected chi connectivity index (χ1v) is 42.7. The van der Waals surface area contributed by atoms with E-state index in [0.29, 0.717) is 17.4 Å². The smallest absolute Gasteiger partial charge is 0.387 e. The fraction of sp³-hybridized carbons (Fsp3) is 0.869. The van der Waals surface area contributed by atoms with Gasteiger partial charge in [-0.15, -0.1) is 0 Å². The van der Waals surface area contributed by atoms with E-state index >= 15 is 0 Å². The number of hydrogen-bond acceptors (Lipinski definition) is 5. The zero-order chi connectivity index (χ0) is 67.6. The first-order chi connectivity index (χ1) is 45.5. The van der Waals surface area contributed by atoms with Gasteiger partial charge in [0.2, 0.25) is 5.91 Å². The number of nitrogens with zero attached hydrogens (tertiary/aromatic N) is 1. The number of nitrogens with one attached hydrogen (secondary N) is 1. The van der Waals surface area contributed by atoms with Crippen molar-refractivity contribution >= 4 is 13.7 Å². The van der Waals surface area contributed by atoms with Crippen LogP contribution in [0.1, 0.15) is 418 Å². The molecule has 93 heavy (non-hydrogen) atoms. The molecule has 0 rings (SSSR count). The Morgan fingerprint density at radius 3 is 0.935 bits per heavy atom. The SMILES string of the molecule is CCCCCCC/C=C\C/C=C\C/C=C\CCCCCCCCCCCCCCCCCCCCCCCCCCCCC(=O)NC(COP(=O)(O)OCC[N+](C)(C)C)C(O)/C=C/CC/C=C/CCCCCCCCCCCCCCCCCCCCCCCCCC. The molecule has 0 radical (unpaired) electrons. The van der Waals surface area contributed by atoms with Crippen LogP contribution in [0.3, 0.4) is 0 Å². The Labute approximate surface area is 581 Å². The fourth-order valence-corrected chi connectivity index (χ4v) is 13.3. The van der Waals surface area contributed by atoms with Gasteiger partial charge in [-0.3, -0.25) is 13.8 Å². The van der Waals surface area contributed by atoms with Crippen molar-refractivity contribution in [2.45, 2.75) is 431 Å². The number of phosphoric acid groups is 1. The van der Waals surface area contributed by atoms with E-state index in [2.05, 4.69) is 67.8 Å². The van der Waals surface area contributed by atoms with Gasteiger partial charge in [-0.1, -0.05) is 402 Å². The molecule has 3 unspecified atom stereocenters. The van der Waals surface area contributed by atoms with Crippen molar-refractivity contribution in [1.29, 1.82) is 0 Å². The summed E-state index contributed by atoms with van der Waals surface area (Å²) in [5.41, 5.74) is 0. The Morgan fingerprint density at radius 2 is 0.624 bits per heavy atom. The number of allylic oxidation sites excluding steroid dienone is 9. The molecule has 1 amide bonds. The molecule has 0 aliphatic heterocycles. The molecule has 0 saturated carbocycles. The lowest BCUT2D eigenvalue weighted by atomic mass is 10.0. The van der Waals surface area contributed by atoms with Crippen molar-refractivity contribution in [1.82, 2.24) is 5.32 Å². The molecule has 548 valence electrons. The number of carbonyl (C=O) groups is 1. The number of likely N-dealkylation sites (N-methyl/N-ethyl adjacent to an activating group) is 1. The number of quaternary nitrogens is 1. The molecule has 0 aromatic rings. The molecule has 0 fully saturated rings. The van der Waals surface area contributed by atoms with Crippen LogP contribution < -0.4 is 5.32 Å². The van der Waals surface area contributed by atoms with Crippen LogP contribution in [-0.4, -0.2) is 73.4 Å². The third-order valence-electron chi connectivity index (χ3n) is 19.0. The van der Waals surface area contributed by atoms with Gasteiger partial charge in [0, 0.05) is 6.42 Å². The minimum atomic E-state index is -4.37. The highest BCUT2D eigenvalue weighted by atomic mass is 31.2. The normalized spacial score (nSPS) is 13.8. The maximum absolute atomic E-state index is 13.1. The highest BCUT2D eigenvalue weighted by Gasteiger charge is 2.28. The van der Waals surface area contributed by atoms with E-state index in [9.17, 15) is 19.4 Å². The van der Waals surface area contributed by atoms with E-state index in [0.717, 1.165) is 51.4 Å². The summed E-state index contributed by atoms with van der Waals surface area (Å²) in [5, 5.41) is 14.0. The Hall–Kier alpha value is -1.80. The lowest BCUT2D eigenvalue weighted by Crippen LogP contribution is -2.45. The lowest BCUT2D eigenvalue weighted by molar-refractivity contribution is -0.870. The van der Waals surface area contributed by atoms with Crippen LogP contribution >= 0.6 is 7.82 Å². The maximum atomic E-state index is 13.1. The molecular weight excluding hydrogens is 1160 g/mol. The number of hydrogen-bond donors (Lipinski definition) is 3. The Balaban J connectivity index is 3.94. The van der Waals surface area contributed by atoms with E-state index in [1.807, 2.05) is 27.2 Å². The van der Waals surface area contributed by atoms with Crippen molar-refractivity contribution < 1.29 is 32.9 Å². The zero-order valence-corrected chi connectivity index (χ0v) is 63.9. The number of carbonyl (C=O) groups excluding carboxylic acids is 1.